The lowest BCUT2D eigenvalue weighted by atomic mass is 10.1. The lowest BCUT2D eigenvalue weighted by Gasteiger charge is -2.10. The summed E-state index contributed by atoms with van der Waals surface area (Å²) < 4.78 is 3.10. The number of nitrogens with one attached hydrogen (secondary N) is 1. The molecule has 0 radical (unpaired) electrons. The van der Waals surface area contributed by atoms with Gasteiger partial charge in [0, 0.05) is 35.4 Å². The summed E-state index contributed by atoms with van der Waals surface area (Å²) in [5, 5.41) is 22.8. The maximum Gasteiger partial charge on any atom is 0.375 e. The molecule has 7 rings (SSSR count). The Morgan fingerprint density at radius 2 is 1.31 bits per heavy atom. The number of hydrogen-bond acceptors (Lipinski definition) is 10. The second kappa shape index (κ2) is 15.7. The molecule has 5 heterocycles. The molecule has 0 atom stereocenters. The van der Waals surface area contributed by atoms with Crippen molar-refractivity contribution in [2.45, 2.75) is 40.9 Å². The van der Waals surface area contributed by atoms with Gasteiger partial charge in [-0.15, -0.1) is 10.2 Å². The maximum atomic E-state index is 12.5. The summed E-state index contributed by atoms with van der Waals surface area (Å²) in [5.74, 6) is -1.13. The first kappa shape index (κ1) is 36.3. The van der Waals surface area contributed by atoms with E-state index in [9.17, 15) is 9.59 Å². The van der Waals surface area contributed by atoms with Crippen molar-refractivity contribution in [3.63, 3.8) is 0 Å². The highest BCUT2D eigenvalue weighted by atomic mass is 35.5. The Hall–Kier alpha value is -5.99. The average Bonchev–Trinajstić information content (AvgIpc) is 3.74. The fraction of sp³-hybridized carbons (Fsp3) is 0.171. The zero-order chi connectivity index (χ0) is 35.4. The van der Waals surface area contributed by atoms with E-state index >= 15 is 0 Å². The molecule has 0 saturated carbocycles. The number of carboxylic acid groups (broad SMARTS) is 1. The third-order valence-electron chi connectivity index (χ3n) is 7.58. The Labute approximate surface area is 302 Å². The Bertz CT molecular complexity index is 2350. The average molecular weight is 727 g/mol. The fourth-order valence-electron chi connectivity index (χ4n) is 5.23. The smallest absolute Gasteiger partial charge is 0.375 e. The summed E-state index contributed by atoms with van der Waals surface area (Å²) in [6, 6.07) is 17.1. The van der Waals surface area contributed by atoms with Crippen LogP contribution in [0.5, 0.6) is 0 Å². The molecular weight excluding hydrogens is 693 g/mol. The number of nitrogens with two attached hydrogens (primary N) is 1. The van der Waals surface area contributed by atoms with Gasteiger partial charge < -0.3 is 16.2 Å². The van der Waals surface area contributed by atoms with Crippen LogP contribution < -0.4 is 11.1 Å². The lowest BCUT2D eigenvalue weighted by Crippen LogP contribution is -2.25. The number of fused-ring (bicyclic) bond motifs is 2. The number of carbonyl (C=O) groups is 2. The van der Waals surface area contributed by atoms with Crippen LogP contribution in [0.2, 0.25) is 10.0 Å². The number of carbonyl (C=O) groups excluding carboxylic acids is 1. The first-order valence-corrected chi connectivity index (χ1v) is 15.9. The van der Waals surface area contributed by atoms with Crippen molar-refractivity contribution in [3.8, 4) is 0 Å². The second-order valence-electron chi connectivity index (χ2n) is 11.3. The third kappa shape index (κ3) is 8.98. The van der Waals surface area contributed by atoms with Crippen molar-refractivity contribution in [1.29, 1.82) is 0 Å². The number of aryl methyl sites for hydroxylation is 2. The second-order valence-corrected chi connectivity index (χ2v) is 12.2. The van der Waals surface area contributed by atoms with Crippen molar-refractivity contribution < 1.29 is 14.7 Å². The number of carboxylic acids is 1. The van der Waals surface area contributed by atoms with Gasteiger partial charge >= 0.3 is 5.97 Å². The Morgan fingerprint density at radius 1 is 0.784 bits per heavy atom. The summed E-state index contributed by atoms with van der Waals surface area (Å²) in [7, 11) is 0. The Balaban J connectivity index is 0.000000209. The molecule has 0 saturated heterocycles. The summed E-state index contributed by atoms with van der Waals surface area (Å²) in [6.07, 6.45) is 6.15. The zero-order valence-electron chi connectivity index (χ0n) is 26.7. The number of aromatic carboxylic acids is 1. The van der Waals surface area contributed by atoms with E-state index < -0.39 is 5.97 Å². The summed E-state index contributed by atoms with van der Waals surface area (Å²) in [4.78, 5) is 43.8. The normalized spacial score (nSPS) is 10.7. The minimum atomic E-state index is -1.14. The van der Waals surface area contributed by atoms with E-state index in [1.54, 1.807) is 23.1 Å². The molecule has 260 valence electrons. The van der Waals surface area contributed by atoms with Crippen molar-refractivity contribution in [1.82, 2.24) is 49.8 Å². The van der Waals surface area contributed by atoms with Crippen molar-refractivity contribution in [2.24, 2.45) is 0 Å². The van der Waals surface area contributed by atoms with Crippen molar-refractivity contribution >= 4 is 62.7 Å². The first-order valence-electron chi connectivity index (χ1n) is 15.1. The number of pyridine rings is 3. The highest BCUT2D eigenvalue weighted by Crippen LogP contribution is 2.20. The number of nitrogens with zero attached hydrogens (tertiary/aromatic N) is 9. The highest BCUT2D eigenvalue weighted by Gasteiger charge is 2.14. The molecule has 4 N–H and O–H groups in total. The first-order chi connectivity index (χ1) is 24.0. The van der Waals surface area contributed by atoms with E-state index in [1.165, 1.54) is 17.3 Å². The topological polar surface area (TPSA) is 193 Å². The molecule has 0 bridgehead atoms. The minimum Gasteiger partial charge on any atom is -0.475 e. The molecule has 7 aromatic rings. The van der Waals surface area contributed by atoms with Gasteiger partial charge in [0.05, 0.1) is 34.2 Å². The fourth-order valence-corrected chi connectivity index (χ4v) is 5.56. The van der Waals surface area contributed by atoms with Gasteiger partial charge in [0.15, 0.2) is 0 Å². The molecule has 14 nitrogen and oxygen atoms in total. The van der Waals surface area contributed by atoms with Crippen molar-refractivity contribution in [3.05, 3.63) is 129 Å². The predicted octanol–water partition coefficient (Wildman–Crippen LogP) is 5.91. The van der Waals surface area contributed by atoms with E-state index in [2.05, 4.69) is 40.4 Å². The number of anilines is 1. The van der Waals surface area contributed by atoms with E-state index in [0.717, 1.165) is 49.8 Å². The molecule has 1 amide bonds. The highest BCUT2D eigenvalue weighted by molar-refractivity contribution is 6.31. The zero-order valence-corrected chi connectivity index (χ0v) is 28.3. The predicted molar refractivity (Wildman–Crippen MR) is 195 cm³/mol. The molecule has 51 heavy (non-hydrogen) atoms. The van der Waals surface area contributed by atoms with Crippen LogP contribution >= 0.6 is 23.2 Å². The molecule has 0 aliphatic heterocycles. The van der Waals surface area contributed by atoms with E-state index in [1.807, 2.05) is 62.4 Å². The number of nitrogen functional groups attached to an aromatic ring is 1. The van der Waals surface area contributed by atoms with Crippen LogP contribution in [-0.2, 0) is 19.6 Å². The van der Waals surface area contributed by atoms with Gasteiger partial charge in [-0.1, -0.05) is 42.8 Å². The number of rotatable bonds is 8. The molecule has 0 spiro atoms. The summed E-state index contributed by atoms with van der Waals surface area (Å²) >= 11 is 11.9. The standard InChI is InChI=1S/C21H20ClN7O.C13H9ClN4O2.CH4/c1-12-5-19(23)27-13(2)17(12)9-25-21(30)20-26-11-29(28-20)10-14-3-4-18-15(6-14)7-16(22)8-24-18;14-10-4-9-3-8(1-2-11(9)15-5-10)6-18-7-16-12(17-18)13(19)20;/h3-8,11H,9-10H2,1-2H3,(H2,23,27)(H,25,30);1-5,7H,6H2,(H,19,20);1H4. The van der Waals surface area contributed by atoms with Crippen LogP contribution in [0.15, 0.2) is 79.6 Å². The van der Waals surface area contributed by atoms with Crippen molar-refractivity contribution in [2.75, 3.05) is 5.73 Å². The molecule has 0 unspecified atom stereocenters. The largest absolute Gasteiger partial charge is 0.475 e. The summed E-state index contributed by atoms with van der Waals surface area (Å²) in [6.45, 7) is 5.04. The lowest BCUT2D eigenvalue weighted by molar-refractivity contribution is 0.0683. The van der Waals surface area contributed by atoms with Crippen LogP contribution in [-0.4, -0.2) is 61.5 Å². The van der Waals surface area contributed by atoms with Gasteiger partial charge in [-0.05, 0) is 78.6 Å². The number of hydrogen-bond donors (Lipinski definition) is 3. The van der Waals surface area contributed by atoms with Gasteiger partial charge in [-0.2, -0.15) is 0 Å². The van der Waals surface area contributed by atoms with Gasteiger partial charge in [-0.3, -0.25) is 14.8 Å². The van der Waals surface area contributed by atoms with Crippen LogP contribution in [0.4, 0.5) is 5.82 Å². The van der Waals surface area contributed by atoms with E-state index in [-0.39, 0.29) is 25.0 Å². The molecule has 0 aliphatic carbocycles. The van der Waals surface area contributed by atoms with Crippen LogP contribution in [0.1, 0.15) is 56.6 Å². The maximum absolute atomic E-state index is 12.5. The minimum absolute atomic E-state index is 0. The number of halogens is 2. The van der Waals surface area contributed by atoms with E-state index in [4.69, 9.17) is 34.0 Å². The van der Waals surface area contributed by atoms with Crippen LogP contribution in [0.25, 0.3) is 21.8 Å². The monoisotopic (exact) mass is 725 g/mol. The van der Waals surface area contributed by atoms with Gasteiger partial charge in [0.1, 0.15) is 18.5 Å². The molecular formula is C35H33Cl2N11O3. The molecule has 16 heteroatoms. The number of benzene rings is 2. The molecule has 0 fully saturated rings. The van der Waals surface area contributed by atoms with Gasteiger partial charge in [0.25, 0.3) is 11.7 Å². The van der Waals surface area contributed by atoms with Crippen LogP contribution in [0, 0.1) is 13.8 Å². The Morgan fingerprint density at radius 3 is 1.82 bits per heavy atom. The Kier molecular flexibility index (Phi) is 11.2. The van der Waals surface area contributed by atoms with Crippen LogP contribution in [0.3, 0.4) is 0 Å². The number of amides is 1. The SMILES string of the molecule is C.Cc1cc(N)nc(C)c1CNC(=O)c1ncn(Cc2ccc3ncc(Cl)cc3c2)n1.O=C(O)c1ncn(Cc2ccc3ncc(Cl)cc3c2)n1. The van der Waals surface area contributed by atoms with E-state index in [0.29, 0.717) is 35.5 Å². The molecule has 0 aliphatic rings. The third-order valence-corrected chi connectivity index (χ3v) is 7.99. The van der Waals surface area contributed by atoms with Gasteiger partial charge in [-0.25, -0.2) is 29.1 Å². The summed E-state index contributed by atoms with van der Waals surface area (Å²) in [5.41, 5.74) is 12.1. The molecule has 2 aromatic carbocycles. The number of aromatic nitrogens is 9. The molecule has 5 aromatic heterocycles. The van der Waals surface area contributed by atoms with Gasteiger partial charge in [0.2, 0.25) is 5.82 Å². The quantitative estimate of drug-likeness (QED) is 0.169.